The van der Waals surface area contributed by atoms with E-state index in [-0.39, 0.29) is 81.6 Å². The highest BCUT2D eigenvalue weighted by atomic mass is 32.2. The van der Waals surface area contributed by atoms with Gasteiger partial charge in [-0.05, 0) is 130 Å². The lowest BCUT2D eigenvalue weighted by Crippen LogP contribution is -2.63. The first-order valence-electron chi connectivity index (χ1n) is 47.8. The molecule has 0 aliphatic heterocycles. The van der Waals surface area contributed by atoms with Gasteiger partial charge in [0.25, 0.3) is 0 Å². The average Bonchev–Trinajstić information content (AvgIpc) is 0.835. The minimum atomic E-state index is -1.91. The number of nitrogens with one attached hydrogen (secondary N) is 17. The van der Waals surface area contributed by atoms with Crippen LogP contribution in [-0.2, 0) is 125 Å². The fourth-order valence-electron chi connectivity index (χ4n) is 14.6. The van der Waals surface area contributed by atoms with Gasteiger partial charge in [-0.15, -0.1) is 0 Å². The fourth-order valence-corrected chi connectivity index (χ4v) is 15.1. The minimum Gasteiger partial charge on any atom is -0.508 e. The van der Waals surface area contributed by atoms with Crippen molar-refractivity contribution in [2.75, 3.05) is 18.6 Å². The molecule has 3 aromatic carbocycles. The third-order valence-electron chi connectivity index (χ3n) is 23.6. The largest absolute Gasteiger partial charge is 0.508 e. The van der Waals surface area contributed by atoms with Crippen molar-refractivity contribution in [1.29, 1.82) is 0 Å². The Kier molecular flexibility index (Phi) is 54.5. The normalized spacial score (nSPS) is 15.5. The van der Waals surface area contributed by atoms with Crippen molar-refractivity contribution < 1.29 is 126 Å². The Hall–Kier alpha value is -13.9. The lowest BCUT2D eigenvalue weighted by atomic mass is 9.94. The number of hydrogen-bond acceptors (Lipinski definition) is 26. The quantitative estimate of drug-likeness (QED) is 0.0255. The predicted octanol–water partition coefficient (Wildman–Crippen LogP) is -4.17. The van der Waals surface area contributed by atoms with Crippen LogP contribution in [0.4, 0.5) is 0 Å². The number of benzene rings is 3. The fraction of sp³-hybridized carbons (Fsp3) is 0.583. The lowest BCUT2D eigenvalue weighted by Gasteiger charge is -2.31. The van der Waals surface area contributed by atoms with E-state index in [0.717, 1.165) is 6.92 Å². The molecular formula is C96H147N21O26S. The van der Waals surface area contributed by atoms with Crippen molar-refractivity contribution in [1.82, 2.24) is 90.4 Å². The van der Waals surface area contributed by atoms with Crippen molar-refractivity contribution in [2.24, 2.45) is 52.5 Å². The average molecular weight is 2040 g/mol. The number of carboxylic acid groups (broad SMARTS) is 1. The summed E-state index contributed by atoms with van der Waals surface area (Å²) in [6.45, 7) is 20.0. The van der Waals surface area contributed by atoms with Crippen molar-refractivity contribution in [3.05, 3.63) is 102 Å². The van der Waals surface area contributed by atoms with Crippen LogP contribution in [0.2, 0.25) is 0 Å². The molecule has 47 nitrogen and oxygen atoms in total. The number of amides is 21. The summed E-state index contributed by atoms with van der Waals surface area (Å²) in [6, 6.07) is -4.33. The van der Waals surface area contributed by atoms with Crippen LogP contribution < -0.4 is 113 Å². The molecule has 0 saturated carbocycles. The maximum atomic E-state index is 14.7. The minimum absolute atomic E-state index is 0.0118. The molecule has 3 rings (SSSR count). The molecule has 0 fully saturated rings. The number of thioether (sulfide) groups is 1. The Bertz CT molecular complexity index is 4870. The van der Waals surface area contributed by atoms with Crippen LogP contribution in [0, 0.1) is 29.6 Å². The molecule has 0 spiro atoms. The highest BCUT2D eigenvalue weighted by molar-refractivity contribution is 7.98. The van der Waals surface area contributed by atoms with Crippen LogP contribution >= 0.6 is 11.8 Å². The van der Waals surface area contributed by atoms with Gasteiger partial charge in [-0.1, -0.05) is 161 Å². The molecule has 29 N–H and O–H groups in total. The standard InChI is InChI=1S/C96H147N21O26S/c1-16-50(8)76(114-86(133)63(35-38-75(125)126)105-81(128)53(11)101-83(130)61(33-36-72(97)122)106-88(135)68(103-56(14)120)44-57-25-21-19-22-26-57)93(140)102-54(12)82(129)104-62(34-37-73(98)123)84(131)109-66(41-48(4)5)87(134)107-64(39-40-144-15)85(132)113-71(47-118)92(139)110-67(42-49(6)7)90(137)115-78(52(10)18-3)95(142)116-77(51(9)17-2)94(141)112-70(46-74(99)124)91(138)117-79(55(13)119)96(143)111-69(45-58-27-23-20-24-28-58)89(136)108-65(80(100)127)43-59-29-31-60(121)32-30-59/h19-32,48-55,61-71,76-79,118-119,121H,16-18,33-47H2,1-15H3,(H2,97,122)(H2,98,123)(H2,99,124)(H2,100,127)(H,101,130)(H,102,140)(H,103,120)(H,104,129)(H,105,128)(H,106,135)(H,107,134)(H,108,136)(H,109,131)(H,110,139)(H,111,143)(H,112,141)(H,113,132)(H,114,133)(H,115,137)(H,116,142)(H,117,138)(H,125,126)/t50-,51-,52-,53-,54-,55+,61-,62-,63-,64-,65-,66-,67-,68-,69-,70-,71-,76-,77-,78-,79-/m0/s1. The van der Waals surface area contributed by atoms with E-state index in [1.807, 2.05) is 0 Å². The van der Waals surface area contributed by atoms with Crippen LogP contribution in [-0.4, -0.2) is 278 Å². The second-order valence-electron chi connectivity index (χ2n) is 36.7. The molecule has 0 aliphatic carbocycles. The van der Waals surface area contributed by atoms with Gasteiger partial charge in [0.05, 0.1) is 19.1 Å². The predicted molar refractivity (Wildman–Crippen MR) is 528 cm³/mol. The molecule has 0 aliphatic rings. The van der Waals surface area contributed by atoms with E-state index in [2.05, 4.69) is 90.4 Å². The molecular weight excluding hydrogens is 1900 g/mol. The third kappa shape index (κ3) is 44.7. The molecule has 21 amide bonds. The van der Waals surface area contributed by atoms with E-state index >= 15 is 0 Å². The number of carboxylic acids is 1. The molecule has 144 heavy (non-hydrogen) atoms. The van der Waals surface area contributed by atoms with Crippen molar-refractivity contribution >= 4 is 142 Å². The number of primary amides is 4. The molecule has 798 valence electrons. The Morgan fingerprint density at radius 3 is 1.00 bits per heavy atom. The Labute approximate surface area is 841 Å². The first-order chi connectivity index (χ1) is 67.7. The molecule has 0 unspecified atom stereocenters. The van der Waals surface area contributed by atoms with Crippen LogP contribution in [0.3, 0.4) is 0 Å². The SMILES string of the molecule is CC[C@H](C)[C@H](NC(=O)[C@H](CCC(=O)O)NC(=O)[C@H](C)NC(=O)[C@H](CCC(N)=O)NC(=O)[C@H](Cc1ccccc1)NC(C)=O)C(=O)N[C@@H](C)C(=O)N[C@@H](CCC(N)=O)C(=O)N[C@@H](CC(C)C)C(=O)N[C@@H](CCSC)C(=O)N[C@@H](CO)C(=O)N[C@@H](CC(C)C)C(=O)N[C@H](C(=O)N[C@H](C(=O)N[C@@H](CC(N)=O)C(=O)N[C@H](C(=O)N[C@@H](Cc1ccccc1)C(=O)N[C@@H](Cc1ccc(O)cc1)C(N)=O)[C@@H](C)O)[C@@H](C)CC)[C@@H](C)CC. The Morgan fingerprint density at radius 2 is 0.611 bits per heavy atom. The van der Waals surface area contributed by atoms with E-state index in [0.29, 0.717) is 16.7 Å². The van der Waals surface area contributed by atoms with E-state index in [9.17, 15) is 126 Å². The van der Waals surface area contributed by atoms with Gasteiger partial charge in [-0.3, -0.25) is 105 Å². The zero-order valence-electron chi connectivity index (χ0n) is 84.1. The summed E-state index contributed by atoms with van der Waals surface area (Å²) in [4.78, 5) is 302. The molecule has 0 bridgehead atoms. The molecule has 21 atom stereocenters. The number of aliphatic carboxylic acids is 1. The molecule has 0 saturated heterocycles. The highest BCUT2D eigenvalue weighted by Gasteiger charge is 2.42. The number of carbonyl (C=O) groups is 22. The second-order valence-corrected chi connectivity index (χ2v) is 37.6. The number of aliphatic hydroxyl groups excluding tert-OH is 2. The molecule has 48 heteroatoms. The van der Waals surface area contributed by atoms with Gasteiger partial charge in [-0.25, -0.2) is 0 Å². The first-order valence-corrected chi connectivity index (χ1v) is 49.2. The number of nitrogens with two attached hydrogens (primary N) is 4. The summed E-state index contributed by atoms with van der Waals surface area (Å²) < 4.78 is 0. The monoisotopic (exact) mass is 2040 g/mol. The van der Waals surface area contributed by atoms with Gasteiger partial charge in [0.2, 0.25) is 124 Å². The van der Waals surface area contributed by atoms with Gasteiger partial charge < -0.3 is 134 Å². The number of phenols is 1. The zero-order valence-corrected chi connectivity index (χ0v) is 84.9. The van der Waals surface area contributed by atoms with Gasteiger partial charge in [0.15, 0.2) is 0 Å². The number of carbonyl (C=O) groups excluding carboxylic acids is 21. The van der Waals surface area contributed by atoms with Gasteiger partial charge >= 0.3 is 5.97 Å². The van der Waals surface area contributed by atoms with E-state index in [1.54, 1.807) is 129 Å². The van der Waals surface area contributed by atoms with Crippen molar-refractivity contribution in [3.8, 4) is 5.75 Å². The molecule has 0 radical (unpaired) electrons. The van der Waals surface area contributed by atoms with Crippen LogP contribution in [0.25, 0.3) is 0 Å². The number of hydrogen-bond donors (Lipinski definition) is 25. The summed E-state index contributed by atoms with van der Waals surface area (Å²) in [6.07, 6.45) is -4.24. The second kappa shape index (κ2) is 63.2. The molecule has 3 aromatic rings. The van der Waals surface area contributed by atoms with Gasteiger partial charge in [-0.2, -0.15) is 11.8 Å². The Balaban J connectivity index is 1.86. The Morgan fingerprint density at radius 1 is 0.319 bits per heavy atom. The topological polar surface area (TPSA) is 765 Å². The summed E-state index contributed by atoms with van der Waals surface area (Å²) in [5.41, 5.74) is 23.9. The van der Waals surface area contributed by atoms with Crippen LogP contribution in [0.1, 0.15) is 197 Å². The summed E-state index contributed by atoms with van der Waals surface area (Å²) >= 11 is 1.24. The third-order valence-corrected chi connectivity index (χ3v) is 24.2. The van der Waals surface area contributed by atoms with E-state index < -0.39 is 308 Å². The van der Waals surface area contributed by atoms with E-state index in [4.69, 9.17) is 22.9 Å². The van der Waals surface area contributed by atoms with Crippen LogP contribution in [0.15, 0.2) is 84.9 Å². The summed E-state index contributed by atoms with van der Waals surface area (Å²) in [5, 5.41) is 83.7. The van der Waals surface area contributed by atoms with E-state index in [1.165, 1.54) is 63.7 Å². The zero-order chi connectivity index (χ0) is 109. The first kappa shape index (κ1) is 124. The van der Waals surface area contributed by atoms with Gasteiger partial charge in [0, 0.05) is 45.4 Å². The maximum Gasteiger partial charge on any atom is 0.303 e. The summed E-state index contributed by atoms with van der Waals surface area (Å²) in [7, 11) is 0. The number of rotatable bonds is 66. The molecule has 0 aromatic heterocycles. The smallest absolute Gasteiger partial charge is 0.303 e. The molecule has 0 heterocycles. The van der Waals surface area contributed by atoms with Crippen molar-refractivity contribution in [3.63, 3.8) is 0 Å². The number of aliphatic hydroxyl groups is 2. The maximum absolute atomic E-state index is 14.7. The van der Waals surface area contributed by atoms with Crippen LogP contribution in [0.5, 0.6) is 5.75 Å². The highest BCUT2D eigenvalue weighted by Crippen LogP contribution is 2.20. The summed E-state index contributed by atoms with van der Waals surface area (Å²) in [5.74, 6) is -25.3. The number of aromatic hydroxyl groups is 1. The lowest BCUT2D eigenvalue weighted by molar-refractivity contribution is -0.139. The van der Waals surface area contributed by atoms with Crippen molar-refractivity contribution in [2.45, 2.75) is 308 Å². The number of phenolic OH excluding ortho intramolecular Hbond substituents is 1. The van der Waals surface area contributed by atoms with Gasteiger partial charge in [0.1, 0.15) is 108 Å².